The Kier molecular flexibility index (Phi) is 5.61. The predicted octanol–water partition coefficient (Wildman–Crippen LogP) is 5.45. The Balaban J connectivity index is 2.37. The van der Waals surface area contributed by atoms with Crippen LogP contribution in [0.1, 0.15) is 18.1 Å². The van der Waals surface area contributed by atoms with Crippen molar-refractivity contribution in [3.63, 3.8) is 0 Å². The maximum absolute atomic E-state index is 13.9. The van der Waals surface area contributed by atoms with Crippen molar-refractivity contribution in [2.45, 2.75) is 20.8 Å². The van der Waals surface area contributed by atoms with E-state index in [9.17, 15) is 4.39 Å². The molecule has 2 aromatic carbocycles. The third kappa shape index (κ3) is 4.45. The molecule has 1 N–H and O–H groups in total. The minimum atomic E-state index is -0.330. The van der Waals surface area contributed by atoms with Crippen LogP contribution >= 0.6 is 11.6 Å². The van der Waals surface area contributed by atoms with E-state index in [0.717, 1.165) is 23.4 Å². The second kappa shape index (κ2) is 7.47. The van der Waals surface area contributed by atoms with Crippen LogP contribution in [0.5, 0.6) is 0 Å². The maximum Gasteiger partial charge on any atom is 0.127 e. The van der Waals surface area contributed by atoms with Gasteiger partial charge in [-0.1, -0.05) is 17.7 Å². The molecule has 0 amide bonds. The Morgan fingerprint density at radius 3 is 2.65 bits per heavy atom. The largest absolute Gasteiger partial charge is 0.366 e. The Labute approximate surface area is 141 Å². The van der Waals surface area contributed by atoms with Crippen LogP contribution in [-0.2, 0) is 0 Å². The molecule has 2 rings (SSSR count). The fraction of sp³-hybridized carbons (Fsp3) is 0.278. The SMILES string of the molecule is CCN(C)C=Nc1cc(F)cc(Nc2cc(Cl)ccc2C)c1C. The number of halogens is 2. The van der Waals surface area contributed by atoms with Crippen LogP contribution in [0.25, 0.3) is 0 Å². The average molecular weight is 334 g/mol. The number of rotatable bonds is 5. The predicted molar refractivity (Wildman–Crippen MR) is 97.1 cm³/mol. The summed E-state index contributed by atoms with van der Waals surface area (Å²) in [6, 6.07) is 8.49. The molecule has 23 heavy (non-hydrogen) atoms. The summed E-state index contributed by atoms with van der Waals surface area (Å²) in [4.78, 5) is 6.30. The summed E-state index contributed by atoms with van der Waals surface area (Å²) in [5.41, 5.74) is 4.06. The number of aliphatic imine (C=N–C) groups is 1. The van der Waals surface area contributed by atoms with Gasteiger partial charge in [0.1, 0.15) is 5.82 Å². The van der Waals surface area contributed by atoms with Crippen LogP contribution in [-0.4, -0.2) is 24.8 Å². The first kappa shape index (κ1) is 17.3. The molecule has 0 aromatic heterocycles. The Hall–Kier alpha value is -2.07. The van der Waals surface area contributed by atoms with Gasteiger partial charge in [-0.25, -0.2) is 9.38 Å². The zero-order chi connectivity index (χ0) is 17.0. The standard InChI is InChI=1S/C18H21ClFN3/c1-5-23(4)11-21-17-9-15(20)10-18(13(17)3)22-16-8-14(19)7-6-12(16)2/h6-11,22H,5H2,1-4H3. The summed E-state index contributed by atoms with van der Waals surface area (Å²) in [7, 11) is 1.92. The third-order valence-corrected chi connectivity index (χ3v) is 3.94. The van der Waals surface area contributed by atoms with E-state index < -0.39 is 0 Å². The Bertz CT molecular complexity index is 728. The van der Waals surface area contributed by atoms with Gasteiger partial charge in [-0.2, -0.15) is 0 Å². The molecular formula is C18H21ClFN3. The third-order valence-electron chi connectivity index (χ3n) is 3.71. The zero-order valence-electron chi connectivity index (χ0n) is 13.8. The van der Waals surface area contributed by atoms with E-state index >= 15 is 0 Å². The van der Waals surface area contributed by atoms with Gasteiger partial charge in [0.25, 0.3) is 0 Å². The van der Waals surface area contributed by atoms with Gasteiger partial charge in [-0.05, 0) is 56.2 Å². The fourth-order valence-electron chi connectivity index (χ4n) is 2.04. The highest BCUT2D eigenvalue weighted by atomic mass is 35.5. The molecule has 0 unspecified atom stereocenters. The highest BCUT2D eigenvalue weighted by molar-refractivity contribution is 6.30. The monoisotopic (exact) mass is 333 g/mol. The summed E-state index contributed by atoms with van der Waals surface area (Å²) in [5, 5.41) is 3.89. The summed E-state index contributed by atoms with van der Waals surface area (Å²) in [6.45, 7) is 6.76. The van der Waals surface area contributed by atoms with Gasteiger partial charge < -0.3 is 10.2 Å². The normalized spacial score (nSPS) is 11.0. The van der Waals surface area contributed by atoms with Crippen LogP contribution in [0.3, 0.4) is 0 Å². The Morgan fingerprint density at radius 1 is 1.22 bits per heavy atom. The van der Waals surface area contributed by atoms with E-state index in [2.05, 4.69) is 10.3 Å². The molecule has 5 heteroatoms. The quantitative estimate of drug-likeness (QED) is 0.582. The van der Waals surface area contributed by atoms with Crippen LogP contribution in [0.4, 0.5) is 21.5 Å². The van der Waals surface area contributed by atoms with E-state index in [0.29, 0.717) is 16.4 Å². The second-order valence-corrected chi connectivity index (χ2v) is 5.94. The van der Waals surface area contributed by atoms with Crippen LogP contribution in [0.2, 0.25) is 5.02 Å². The van der Waals surface area contributed by atoms with Gasteiger partial charge in [0.05, 0.1) is 12.0 Å². The van der Waals surface area contributed by atoms with Crippen molar-refractivity contribution in [1.29, 1.82) is 0 Å². The molecule has 0 radical (unpaired) electrons. The fourth-order valence-corrected chi connectivity index (χ4v) is 2.22. The lowest BCUT2D eigenvalue weighted by atomic mass is 10.1. The number of anilines is 2. The first-order chi connectivity index (χ1) is 10.9. The molecule has 2 aromatic rings. The number of hydrogen-bond acceptors (Lipinski definition) is 2. The highest BCUT2D eigenvalue weighted by Crippen LogP contribution is 2.31. The zero-order valence-corrected chi connectivity index (χ0v) is 14.6. The van der Waals surface area contributed by atoms with Gasteiger partial charge in [0.15, 0.2) is 0 Å². The molecule has 0 bridgehead atoms. The molecule has 0 saturated heterocycles. The minimum absolute atomic E-state index is 0.330. The molecule has 0 aliphatic heterocycles. The van der Waals surface area contributed by atoms with Crippen LogP contribution in [0, 0.1) is 19.7 Å². The van der Waals surface area contributed by atoms with Gasteiger partial charge in [0.2, 0.25) is 0 Å². The van der Waals surface area contributed by atoms with Crippen molar-refractivity contribution < 1.29 is 4.39 Å². The molecule has 0 heterocycles. The Morgan fingerprint density at radius 2 is 1.96 bits per heavy atom. The smallest absolute Gasteiger partial charge is 0.127 e. The maximum atomic E-state index is 13.9. The lowest BCUT2D eigenvalue weighted by Crippen LogP contribution is -2.14. The van der Waals surface area contributed by atoms with Gasteiger partial charge in [-0.3, -0.25) is 0 Å². The van der Waals surface area contributed by atoms with Crippen LogP contribution in [0.15, 0.2) is 35.3 Å². The number of aryl methyl sites for hydroxylation is 1. The van der Waals surface area contributed by atoms with E-state index in [1.54, 1.807) is 6.34 Å². The topological polar surface area (TPSA) is 27.6 Å². The molecule has 3 nitrogen and oxygen atoms in total. The highest BCUT2D eigenvalue weighted by Gasteiger charge is 2.09. The first-order valence-corrected chi connectivity index (χ1v) is 7.86. The molecule has 0 fully saturated rings. The molecule has 0 aliphatic rings. The molecule has 122 valence electrons. The van der Waals surface area contributed by atoms with Crippen LogP contribution < -0.4 is 5.32 Å². The second-order valence-electron chi connectivity index (χ2n) is 5.50. The van der Waals surface area contributed by atoms with Gasteiger partial charge in [-0.15, -0.1) is 0 Å². The van der Waals surface area contributed by atoms with E-state index in [4.69, 9.17) is 11.6 Å². The molecule has 0 atom stereocenters. The first-order valence-electron chi connectivity index (χ1n) is 7.48. The summed E-state index contributed by atoms with van der Waals surface area (Å²) < 4.78 is 13.9. The molecular weight excluding hydrogens is 313 g/mol. The van der Waals surface area contributed by atoms with E-state index in [-0.39, 0.29) is 5.82 Å². The van der Waals surface area contributed by atoms with Crippen molar-refractivity contribution in [3.05, 3.63) is 52.3 Å². The van der Waals surface area contributed by atoms with Crippen molar-refractivity contribution in [2.75, 3.05) is 18.9 Å². The minimum Gasteiger partial charge on any atom is -0.366 e. The van der Waals surface area contributed by atoms with Crippen molar-refractivity contribution in [2.24, 2.45) is 4.99 Å². The van der Waals surface area contributed by atoms with Gasteiger partial charge in [0, 0.05) is 30.0 Å². The lowest BCUT2D eigenvalue weighted by molar-refractivity contribution is 0.552. The van der Waals surface area contributed by atoms with E-state index in [1.165, 1.54) is 12.1 Å². The lowest BCUT2D eigenvalue weighted by Gasteiger charge is -2.15. The van der Waals surface area contributed by atoms with Gasteiger partial charge >= 0.3 is 0 Å². The summed E-state index contributed by atoms with van der Waals surface area (Å²) >= 11 is 6.04. The molecule has 0 saturated carbocycles. The summed E-state index contributed by atoms with van der Waals surface area (Å²) in [5.74, 6) is -0.330. The van der Waals surface area contributed by atoms with Crippen molar-refractivity contribution in [1.82, 2.24) is 4.90 Å². The average Bonchev–Trinajstić information content (AvgIpc) is 2.52. The number of hydrogen-bond donors (Lipinski definition) is 1. The van der Waals surface area contributed by atoms with Crippen molar-refractivity contribution in [3.8, 4) is 0 Å². The van der Waals surface area contributed by atoms with Crippen molar-refractivity contribution >= 4 is 35.0 Å². The number of nitrogens with one attached hydrogen (secondary N) is 1. The number of nitrogens with zero attached hydrogens (tertiary/aromatic N) is 2. The number of benzene rings is 2. The summed E-state index contributed by atoms with van der Waals surface area (Å²) in [6.07, 6.45) is 1.70. The molecule has 0 aliphatic carbocycles. The molecule has 0 spiro atoms. The van der Waals surface area contributed by atoms with E-state index in [1.807, 2.05) is 50.9 Å².